The number of carboxylic acids is 1. The number of hydrogen-bond donors (Lipinski definition) is 4. The van der Waals surface area contributed by atoms with Crippen LogP contribution in [0.1, 0.15) is 56.1 Å². The second-order valence-corrected chi connectivity index (χ2v) is 9.00. The molecule has 0 spiro atoms. The van der Waals surface area contributed by atoms with E-state index in [4.69, 9.17) is 5.11 Å². The molecule has 180 valence electrons. The van der Waals surface area contributed by atoms with E-state index in [2.05, 4.69) is 56.7 Å². The van der Waals surface area contributed by atoms with Gasteiger partial charge in [0, 0.05) is 43.3 Å². The van der Waals surface area contributed by atoms with Gasteiger partial charge in [-0.25, -0.2) is 9.78 Å². The fourth-order valence-corrected chi connectivity index (χ4v) is 4.63. The number of para-hydroxylation sites is 1. The van der Waals surface area contributed by atoms with Gasteiger partial charge in [-0.2, -0.15) is 0 Å². The Morgan fingerprint density at radius 2 is 2.00 bits per heavy atom. The number of carboxylic acid groups (broad SMARTS) is 1. The van der Waals surface area contributed by atoms with Crippen molar-refractivity contribution in [1.29, 1.82) is 0 Å². The molecule has 34 heavy (non-hydrogen) atoms. The van der Waals surface area contributed by atoms with E-state index in [0.717, 1.165) is 30.5 Å². The number of benzene rings is 1. The van der Waals surface area contributed by atoms with Crippen molar-refractivity contribution >= 4 is 34.4 Å². The van der Waals surface area contributed by atoms with E-state index in [9.17, 15) is 9.59 Å². The Kier molecular flexibility index (Phi) is 7.67. The lowest BCUT2D eigenvalue weighted by molar-refractivity contribution is -0.136. The number of nitrogens with zero attached hydrogens (tertiary/aromatic N) is 2. The summed E-state index contributed by atoms with van der Waals surface area (Å²) >= 11 is 0. The third-order valence-electron chi connectivity index (χ3n) is 6.51. The molecule has 8 nitrogen and oxygen atoms in total. The first-order valence-electron chi connectivity index (χ1n) is 12.1. The van der Waals surface area contributed by atoms with E-state index < -0.39 is 5.97 Å². The van der Waals surface area contributed by atoms with E-state index >= 15 is 0 Å². The smallest absolute Gasteiger partial charge is 0.319 e. The van der Waals surface area contributed by atoms with Crippen LogP contribution in [0.3, 0.4) is 0 Å². The molecule has 0 saturated carbocycles. The second-order valence-electron chi connectivity index (χ2n) is 9.00. The number of pyridine rings is 1. The third-order valence-corrected chi connectivity index (χ3v) is 6.51. The molecule has 1 aliphatic rings. The van der Waals surface area contributed by atoms with Crippen molar-refractivity contribution in [3.63, 3.8) is 0 Å². The number of carbonyl (C=O) groups excluding carboxylic acids is 1. The summed E-state index contributed by atoms with van der Waals surface area (Å²) < 4.78 is 0. The molecule has 4 rings (SSSR count). The normalized spacial score (nSPS) is 14.7. The monoisotopic (exact) mass is 463 g/mol. The van der Waals surface area contributed by atoms with Crippen molar-refractivity contribution in [2.45, 2.75) is 51.4 Å². The van der Waals surface area contributed by atoms with Gasteiger partial charge in [0.15, 0.2) is 0 Å². The molecule has 8 heteroatoms. The summed E-state index contributed by atoms with van der Waals surface area (Å²) in [5.74, 6) is -0.517. The maximum absolute atomic E-state index is 12.5. The number of urea groups is 1. The third kappa shape index (κ3) is 5.87. The Hall–Kier alpha value is -3.55. The summed E-state index contributed by atoms with van der Waals surface area (Å²) in [5.41, 5.74) is 4.78. The molecular weight excluding hydrogens is 430 g/mol. The van der Waals surface area contributed by atoms with E-state index in [0.29, 0.717) is 30.2 Å². The number of anilines is 2. The van der Waals surface area contributed by atoms with Crippen LogP contribution in [-0.4, -0.2) is 46.7 Å². The minimum absolute atomic E-state index is 0.0458. The highest BCUT2D eigenvalue weighted by Crippen LogP contribution is 2.31. The Bertz CT molecular complexity index is 1140. The van der Waals surface area contributed by atoms with Gasteiger partial charge >= 0.3 is 12.0 Å². The molecule has 0 radical (unpaired) electrons. The summed E-state index contributed by atoms with van der Waals surface area (Å²) in [5, 5.41) is 15.6. The second kappa shape index (κ2) is 11.0. The predicted molar refractivity (Wildman–Crippen MR) is 135 cm³/mol. The van der Waals surface area contributed by atoms with Crippen molar-refractivity contribution in [1.82, 2.24) is 15.3 Å². The number of amides is 2. The zero-order valence-electron chi connectivity index (χ0n) is 19.6. The Morgan fingerprint density at radius 3 is 2.79 bits per heavy atom. The van der Waals surface area contributed by atoms with Crippen LogP contribution in [0.4, 0.5) is 16.2 Å². The fraction of sp³-hybridized carbons (Fsp3) is 0.423. The standard InChI is InChI=1S/C26H33N5O3/c1-18(21-7-3-4-8-23(21)31-13-5-2-6-14-31)11-12-27-26(34)30-20-15-22-19(9-10-24(32)33)16-28-25(22)29-17-20/h3-4,7-8,15-18H,2,5-6,9-14H2,1H3,(H,28,29)(H,32,33)(H2,27,30,34). The van der Waals surface area contributed by atoms with Gasteiger partial charge in [-0.1, -0.05) is 25.1 Å². The summed E-state index contributed by atoms with van der Waals surface area (Å²) in [6, 6.07) is 10.2. The predicted octanol–water partition coefficient (Wildman–Crippen LogP) is 4.89. The van der Waals surface area contributed by atoms with Crippen LogP contribution in [0.5, 0.6) is 0 Å². The lowest BCUT2D eigenvalue weighted by Crippen LogP contribution is -2.31. The summed E-state index contributed by atoms with van der Waals surface area (Å²) in [4.78, 5) is 33.2. The van der Waals surface area contributed by atoms with Crippen molar-refractivity contribution in [3.8, 4) is 0 Å². The van der Waals surface area contributed by atoms with Crippen LogP contribution in [0, 0.1) is 0 Å². The SMILES string of the molecule is CC(CCNC(=O)Nc1cnc2[nH]cc(CCC(=O)O)c2c1)c1ccccc1N1CCCCC1. The van der Waals surface area contributed by atoms with Crippen molar-refractivity contribution in [2.24, 2.45) is 0 Å². The summed E-state index contributed by atoms with van der Waals surface area (Å²) in [6.45, 7) is 5.00. The van der Waals surface area contributed by atoms with Crippen LogP contribution in [0.25, 0.3) is 11.0 Å². The Labute approximate surface area is 199 Å². The van der Waals surface area contributed by atoms with Crippen molar-refractivity contribution in [2.75, 3.05) is 29.9 Å². The number of aryl methyl sites for hydroxylation is 1. The van der Waals surface area contributed by atoms with E-state index in [1.807, 2.05) is 6.07 Å². The first-order chi connectivity index (χ1) is 16.5. The Balaban J connectivity index is 1.31. The highest BCUT2D eigenvalue weighted by atomic mass is 16.4. The first-order valence-corrected chi connectivity index (χ1v) is 12.1. The molecular formula is C26H33N5O3. The van der Waals surface area contributed by atoms with Gasteiger partial charge in [-0.3, -0.25) is 4.79 Å². The highest BCUT2D eigenvalue weighted by molar-refractivity contribution is 5.92. The molecule has 1 fully saturated rings. The summed E-state index contributed by atoms with van der Waals surface area (Å²) in [6.07, 6.45) is 8.46. The number of piperidine rings is 1. The molecule has 0 aliphatic carbocycles. The topological polar surface area (TPSA) is 110 Å². The van der Waals surface area contributed by atoms with Crippen molar-refractivity contribution < 1.29 is 14.7 Å². The van der Waals surface area contributed by atoms with Gasteiger partial charge in [0.05, 0.1) is 11.9 Å². The average Bonchev–Trinajstić information content (AvgIpc) is 3.25. The number of aromatic amines is 1. The molecule has 1 unspecified atom stereocenters. The number of hydrogen-bond acceptors (Lipinski definition) is 4. The fourth-order valence-electron chi connectivity index (χ4n) is 4.63. The van der Waals surface area contributed by atoms with Gasteiger partial charge < -0.3 is 25.6 Å². The molecule has 3 heterocycles. The molecule has 1 atom stereocenters. The van der Waals surface area contributed by atoms with E-state index in [1.54, 1.807) is 12.4 Å². The van der Waals surface area contributed by atoms with Gasteiger partial charge in [0.2, 0.25) is 0 Å². The Morgan fingerprint density at radius 1 is 1.21 bits per heavy atom. The van der Waals surface area contributed by atoms with Gasteiger partial charge in [-0.05, 0) is 61.3 Å². The van der Waals surface area contributed by atoms with Gasteiger partial charge in [-0.15, -0.1) is 0 Å². The molecule has 2 amide bonds. The molecule has 1 saturated heterocycles. The largest absolute Gasteiger partial charge is 0.481 e. The van der Waals surface area contributed by atoms with E-state index in [1.165, 1.54) is 30.5 Å². The molecule has 2 aromatic heterocycles. The molecule has 1 aliphatic heterocycles. The van der Waals surface area contributed by atoms with Crippen LogP contribution < -0.4 is 15.5 Å². The maximum Gasteiger partial charge on any atom is 0.319 e. The number of fused-ring (bicyclic) bond motifs is 1. The number of nitrogens with one attached hydrogen (secondary N) is 3. The van der Waals surface area contributed by atoms with Crippen LogP contribution in [0.2, 0.25) is 0 Å². The van der Waals surface area contributed by atoms with E-state index in [-0.39, 0.29) is 12.5 Å². The molecule has 4 N–H and O–H groups in total. The molecule has 1 aromatic carbocycles. The average molecular weight is 464 g/mol. The van der Waals surface area contributed by atoms with Crippen molar-refractivity contribution in [3.05, 3.63) is 53.9 Å². The maximum atomic E-state index is 12.5. The number of rotatable bonds is 9. The van der Waals surface area contributed by atoms with Crippen LogP contribution in [0.15, 0.2) is 42.7 Å². The number of aliphatic carboxylic acids is 1. The zero-order chi connectivity index (χ0) is 23.9. The quantitative estimate of drug-likeness (QED) is 0.361. The van der Waals surface area contributed by atoms with Crippen LogP contribution in [-0.2, 0) is 11.2 Å². The first kappa shape index (κ1) is 23.6. The molecule has 3 aromatic rings. The minimum atomic E-state index is -0.844. The highest BCUT2D eigenvalue weighted by Gasteiger charge is 2.17. The van der Waals surface area contributed by atoms with Gasteiger partial charge in [0.1, 0.15) is 5.65 Å². The lowest BCUT2D eigenvalue weighted by atomic mass is 9.94. The van der Waals surface area contributed by atoms with Gasteiger partial charge in [0.25, 0.3) is 0 Å². The number of carbonyl (C=O) groups is 2. The number of H-pyrrole nitrogens is 1. The minimum Gasteiger partial charge on any atom is -0.481 e. The molecule has 0 bridgehead atoms. The number of aromatic nitrogens is 2. The zero-order valence-corrected chi connectivity index (χ0v) is 19.6. The van der Waals surface area contributed by atoms with Crippen LogP contribution >= 0.6 is 0 Å². The lowest BCUT2D eigenvalue weighted by Gasteiger charge is -2.32. The summed E-state index contributed by atoms with van der Waals surface area (Å²) in [7, 11) is 0.